The Morgan fingerprint density at radius 1 is 1.00 bits per heavy atom. The van der Waals surface area contributed by atoms with E-state index in [1.807, 2.05) is 27.0 Å². The van der Waals surface area contributed by atoms with Crippen molar-refractivity contribution in [2.24, 2.45) is 4.99 Å². The summed E-state index contributed by atoms with van der Waals surface area (Å²) in [4.78, 5) is 4.38. The summed E-state index contributed by atoms with van der Waals surface area (Å²) < 4.78 is 0. The van der Waals surface area contributed by atoms with Gasteiger partial charge in [0, 0.05) is 17.5 Å². The lowest BCUT2D eigenvalue weighted by Gasteiger charge is -2.07. The summed E-state index contributed by atoms with van der Waals surface area (Å²) in [6, 6.07) is 0. The van der Waals surface area contributed by atoms with Gasteiger partial charge in [-0.1, -0.05) is 79.4 Å². The smallest absolute Gasteiger partial charge is 0.0446 e. The Bertz CT molecular complexity index is 413. The van der Waals surface area contributed by atoms with Crippen LogP contribution in [0.4, 0.5) is 0 Å². The molecule has 140 valence electrons. The fraction of sp³-hybridized carbons (Fsp3) is 0.696. The monoisotopic (exact) mass is 333 g/mol. The summed E-state index contributed by atoms with van der Waals surface area (Å²) in [5.41, 5.74) is 6.95. The average molecular weight is 334 g/mol. The highest BCUT2D eigenvalue weighted by Gasteiger charge is 2.27. The molecule has 0 amide bonds. The fourth-order valence-corrected chi connectivity index (χ4v) is 2.59. The molecule has 0 saturated heterocycles. The maximum absolute atomic E-state index is 4.38. The van der Waals surface area contributed by atoms with E-state index in [0.29, 0.717) is 0 Å². The number of nitrogens with zero attached hydrogens (tertiary/aromatic N) is 1. The largest absolute Gasteiger partial charge is 0.266 e. The normalized spacial score (nSPS) is 17.4. The lowest BCUT2D eigenvalue weighted by atomic mass is 10.0. The van der Waals surface area contributed by atoms with Crippen molar-refractivity contribution in [3.05, 3.63) is 34.6 Å². The Morgan fingerprint density at radius 2 is 1.50 bits per heavy atom. The van der Waals surface area contributed by atoms with Crippen LogP contribution in [0, 0.1) is 0 Å². The topological polar surface area (TPSA) is 12.4 Å². The molecule has 2 aliphatic rings. The molecule has 0 fully saturated rings. The second-order valence-electron chi connectivity index (χ2n) is 6.06. The maximum Gasteiger partial charge on any atom is 0.0446 e. The molecule has 0 radical (unpaired) electrons. The van der Waals surface area contributed by atoms with E-state index < -0.39 is 0 Å². The van der Waals surface area contributed by atoms with E-state index in [2.05, 4.69) is 46.2 Å². The molecule has 0 aliphatic heterocycles. The van der Waals surface area contributed by atoms with Gasteiger partial charge in [-0.2, -0.15) is 0 Å². The highest BCUT2D eigenvalue weighted by atomic mass is 14.7. The molecule has 0 aromatic heterocycles. The van der Waals surface area contributed by atoms with Crippen LogP contribution in [0.1, 0.15) is 107 Å². The van der Waals surface area contributed by atoms with E-state index in [0.717, 1.165) is 12.1 Å². The molecule has 0 aromatic rings. The molecule has 0 N–H and O–H groups in total. The molecular formula is C23H43N. The van der Waals surface area contributed by atoms with Crippen molar-refractivity contribution < 1.29 is 0 Å². The van der Waals surface area contributed by atoms with E-state index in [1.165, 1.54) is 56.1 Å². The summed E-state index contributed by atoms with van der Waals surface area (Å²) in [7, 11) is 0. The van der Waals surface area contributed by atoms with Gasteiger partial charge in [0.15, 0.2) is 0 Å². The highest BCUT2D eigenvalue weighted by molar-refractivity contribution is 5.62. The first-order valence-corrected chi connectivity index (χ1v) is 10.2. The lowest BCUT2D eigenvalue weighted by molar-refractivity contribution is 0.867. The van der Waals surface area contributed by atoms with Gasteiger partial charge in [-0.3, -0.25) is 4.99 Å². The van der Waals surface area contributed by atoms with Crippen LogP contribution in [0.2, 0.25) is 0 Å². The molecule has 0 spiro atoms. The molecule has 0 atom stereocenters. The van der Waals surface area contributed by atoms with Crippen molar-refractivity contribution in [1.82, 2.24) is 0 Å². The van der Waals surface area contributed by atoms with E-state index in [1.54, 1.807) is 11.1 Å². The Kier molecular flexibility index (Phi) is 17.5. The Balaban J connectivity index is 0. The van der Waals surface area contributed by atoms with E-state index in [-0.39, 0.29) is 0 Å². The summed E-state index contributed by atoms with van der Waals surface area (Å²) in [5, 5.41) is 0. The number of rotatable bonds is 3. The van der Waals surface area contributed by atoms with Gasteiger partial charge in [0.1, 0.15) is 0 Å². The van der Waals surface area contributed by atoms with Crippen LogP contribution in [0.5, 0.6) is 0 Å². The zero-order valence-electron chi connectivity index (χ0n) is 17.9. The van der Waals surface area contributed by atoms with Gasteiger partial charge in [-0.15, -0.1) is 0 Å². The second kappa shape index (κ2) is 16.7. The van der Waals surface area contributed by atoms with Crippen LogP contribution in [-0.4, -0.2) is 6.21 Å². The van der Waals surface area contributed by atoms with Crippen molar-refractivity contribution >= 4 is 6.21 Å². The molecule has 0 heterocycles. The molecule has 1 nitrogen and oxygen atoms in total. The number of hydrogen-bond acceptors (Lipinski definition) is 1. The van der Waals surface area contributed by atoms with Gasteiger partial charge in [-0.25, -0.2) is 0 Å². The van der Waals surface area contributed by atoms with Crippen molar-refractivity contribution in [3.63, 3.8) is 0 Å². The molecule has 0 unspecified atom stereocenters. The predicted molar refractivity (Wildman–Crippen MR) is 114 cm³/mol. The third kappa shape index (κ3) is 9.25. The first-order valence-electron chi connectivity index (χ1n) is 10.2. The van der Waals surface area contributed by atoms with Crippen LogP contribution in [0.15, 0.2) is 39.6 Å². The van der Waals surface area contributed by atoms with Crippen LogP contribution < -0.4 is 0 Å². The first-order chi connectivity index (χ1) is 11.6. The Labute approximate surface area is 153 Å². The Hall–Kier alpha value is -1.11. The van der Waals surface area contributed by atoms with Gasteiger partial charge in [-0.05, 0) is 50.7 Å². The molecule has 2 rings (SSSR count). The van der Waals surface area contributed by atoms with E-state index in [4.69, 9.17) is 0 Å². The maximum atomic E-state index is 4.38. The third-order valence-corrected chi connectivity index (χ3v) is 4.10. The van der Waals surface area contributed by atoms with Gasteiger partial charge in [0.25, 0.3) is 0 Å². The summed E-state index contributed by atoms with van der Waals surface area (Å²) in [5.74, 6) is 0. The van der Waals surface area contributed by atoms with Crippen molar-refractivity contribution in [3.8, 4) is 0 Å². The van der Waals surface area contributed by atoms with Crippen LogP contribution in [0.25, 0.3) is 0 Å². The van der Waals surface area contributed by atoms with Crippen molar-refractivity contribution in [2.45, 2.75) is 107 Å². The van der Waals surface area contributed by atoms with Gasteiger partial charge < -0.3 is 0 Å². The molecule has 1 heteroatoms. The minimum atomic E-state index is 1.10. The fourth-order valence-electron chi connectivity index (χ4n) is 2.59. The standard InChI is InChI=1S/C13H17N.2C4H10.C2H6/c1-4-14-10(3)13-9(2)8-11-6-5-7-12(11)13;2*1-3-4-2;1-2/h4H,2,5-8H2,1,3H3;2*3-4H2,1-2H3;1-2H3/b13-10+,14-4?;;;. The lowest BCUT2D eigenvalue weighted by Crippen LogP contribution is -1.89. The summed E-state index contributed by atoms with van der Waals surface area (Å²) in [6.07, 6.45) is 12.1. The quantitative estimate of drug-likeness (QED) is 0.459. The first kappa shape index (κ1) is 25.1. The minimum absolute atomic E-state index is 1.10. The van der Waals surface area contributed by atoms with Crippen molar-refractivity contribution in [2.75, 3.05) is 0 Å². The number of allylic oxidation sites excluding steroid dienone is 5. The van der Waals surface area contributed by atoms with Gasteiger partial charge in [0.2, 0.25) is 0 Å². The molecule has 0 saturated carbocycles. The zero-order chi connectivity index (χ0) is 19.0. The van der Waals surface area contributed by atoms with Crippen LogP contribution in [-0.2, 0) is 0 Å². The second-order valence-corrected chi connectivity index (χ2v) is 6.06. The van der Waals surface area contributed by atoms with E-state index >= 15 is 0 Å². The van der Waals surface area contributed by atoms with Gasteiger partial charge >= 0.3 is 0 Å². The third-order valence-electron chi connectivity index (χ3n) is 4.10. The Morgan fingerprint density at radius 3 is 1.92 bits per heavy atom. The van der Waals surface area contributed by atoms with Crippen molar-refractivity contribution in [1.29, 1.82) is 0 Å². The SMILES string of the molecule is C=C1CC2=C(CCC2)/C1=C(\C)N=CC.CC.CCCC.CCCC. The number of unbranched alkanes of at least 4 members (excludes halogenated alkanes) is 2. The molecule has 2 aliphatic carbocycles. The van der Waals surface area contributed by atoms with Crippen LogP contribution >= 0.6 is 0 Å². The average Bonchev–Trinajstić information content (AvgIpc) is 3.17. The zero-order valence-corrected chi connectivity index (χ0v) is 17.9. The molecule has 0 aromatic carbocycles. The number of hydrogen-bond donors (Lipinski definition) is 0. The molecular weight excluding hydrogens is 290 g/mol. The minimum Gasteiger partial charge on any atom is -0.266 e. The highest BCUT2D eigenvalue weighted by Crippen LogP contribution is 2.45. The summed E-state index contributed by atoms with van der Waals surface area (Å²) in [6.45, 7) is 20.9. The van der Waals surface area contributed by atoms with Gasteiger partial charge in [0.05, 0.1) is 0 Å². The predicted octanol–water partition coefficient (Wildman–Crippen LogP) is 8.43. The van der Waals surface area contributed by atoms with E-state index in [9.17, 15) is 0 Å². The molecule has 24 heavy (non-hydrogen) atoms. The number of aliphatic imine (C=N–C) groups is 1. The summed E-state index contributed by atoms with van der Waals surface area (Å²) >= 11 is 0. The molecule has 0 bridgehead atoms. The van der Waals surface area contributed by atoms with Crippen LogP contribution in [0.3, 0.4) is 0 Å².